The highest BCUT2D eigenvalue weighted by atomic mass is 16.5. The molecule has 3 heteroatoms. The monoisotopic (exact) mass is 200 g/mol. The van der Waals surface area contributed by atoms with Crippen molar-refractivity contribution in [3.05, 3.63) is 0 Å². The van der Waals surface area contributed by atoms with Crippen LogP contribution in [0.5, 0.6) is 0 Å². The molecule has 0 aromatic carbocycles. The number of likely N-dealkylation sites (N-methyl/N-ethyl adjacent to an activating group) is 1. The van der Waals surface area contributed by atoms with E-state index in [2.05, 4.69) is 32.8 Å². The van der Waals surface area contributed by atoms with Gasteiger partial charge in [0, 0.05) is 24.1 Å². The lowest BCUT2D eigenvalue weighted by Crippen LogP contribution is -2.58. The van der Waals surface area contributed by atoms with Crippen LogP contribution in [0.3, 0.4) is 0 Å². The summed E-state index contributed by atoms with van der Waals surface area (Å²) < 4.78 is 5.40. The Balaban J connectivity index is 2.67. The second kappa shape index (κ2) is 4.60. The van der Waals surface area contributed by atoms with Crippen LogP contribution in [0.1, 0.15) is 26.7 Å². The zero-order valence-electron chi connectivity index (χ0n) is 9.92. The standard InChI is InChI=1S/C11H24N2O/c1-5-11(2,13(3)4)10(12)9-6-7-14-8-9/h9-10H,5-8,12H2,1-4H3. The summed E-state index contributed by atoms with van der Waals surface area (Å²) in [6.45, 7) is 6.17. The Morgan fingerprint density at radius 2 is 2.21 bits per heavy atom. The van der Waals surface area contributed by atoms with Crippen LogP contribution in [0.25, 0.3) is 0 Å². The van der Waals surface area contributed by atoms with Crippen LogP contribution >= 0.6 is 0 Å². The Kier molecular flexibility index (Phi) is 3.93. The maximum Gasteiger partial charge on any atom is 0.0510 e. The lowest BCUT2D eigenvalue weighted by atomic mass is 9.80. The molecule has 1 saturated heterocycles. The van der Waals surface area contributed by atoms with E-state index < -0.39 is 0 Å². The summed E-state index contributed by atoms with van der Waals surface area (Å²) in [4.78, 5) is 2.25. The molecule has 1 aliphatic rings. The average Bonchev–Trinajstić information content (AvgIpc) is 2.67. The molecule has 3 unspecified atom stereocenters. The highest BCUT2D eigenvalue weighted by Crippen LogP contribution is 2.28. The van der Waals surface area contributed by atoms with Crippen molar-refractivity contribution in [3.8, 4) is 0 Å². The van der Waals surface area contributed by atoms with Gasteiger partial charge >= 0.3 is 0 Å². The predicted octanol–water partition coefficient (Wildman–Crippen LogP) is 1.08. The molecule has 0 aromatic rings. The molecule has 1 heterocycles. The van der Waals surface area contributed by atoms with Crippen LogP contribution < -0.4 is 5.73 Å². The number of nitrogens with two attached hydrogens (primary N) is 1. The van der Waals surface area contributed by atoms with E-state index in [1.807, 2.05) is 0 Å². The fraction of sp³-hybridized carbons (Fsp3) is 1.00. The Labute approximate surface area is 87.6 Å². The first-order chi connectivity index (χ1) is 6.52. The molecule has 84 valence electrons. The summed E-state index contributed by atoms with van der Waals surface area (Å²) in [7, 11) is 4.22. The molecule has 0 spiro atoms. The van der Waals surface area contributed by atoms with E-state index in [1.54, 1.807) is 0 Å². The third-order valence-electron chi connectivity index (χ3n) is 3.93. The van der Waals surface area contributed by atoms with Gasteiger partial charge < -0.3 is 15.4 Å². The Morgan fingerprint density at radius 1 is 1.57 bits per heavy atom. The van der Waals surface area contributed by atoms with Crippen molar-refractivity contribution in [2.24, 2.45) is 11.7 Å². The highest BCUT2D eigenvalue weighted by molar-refractivity contribution is 4.96. The molecule has 3 nitrogen and oxygen atoms in total. The van der Waals surface area contributed by atoms with Gasteiger partial charge in [-0.25, -0.2) is 0 Å². The zero-order valence-corrected chi connectivity index (χ0v) is 9.92. The number of nitrogens with zero attached hydrogens (tertiary/aromatic N) is 1. The van der Waals surface area contributed by atoms with Crippen LogP contribution in [0.15, 0.2) is 0 Å². The van der Waals surface area contributed by atoms with Crippen molar-refractivity contribution in [3.63, 3.8) is 0 Å². The van der Waals surface area contributed by atoms with E-state index in [0.29, 0.717) is 5.92 Å². The van der Waals surface area contributed by atoms with Gasteiger partial charge in [-0.05, 0) is 33.9 Å². The fourth-order valence-corrected chi connectivity index (χ4v) is 2.19. The molecule has 0 aromatic heterocycles. The molecule has 2 N–H and O–H groups in total. The van der Waals surface area contributed by atoms with E-state index in [1.165, 1.54) is 0 Å². The Morgan fingerprint density at radius 3 is 2.57 bits per heavy atom. The average molecular weight is 200 g/mol. The van der Waals surface area contributed by atoms with Crippen LogP contribution in [0.4, 0.5) is 0 Å². The molecule has 0 bridgehead atoms. The maximum atomic E-state index is 6.35. The lowest BCUT2D eigenvalue weighted by Gasteiger charge is -2.43. The fourth-order valence-electron chi connectivity index (χ4n) is 2.19. The number of ether oxygens (including phenoxy) is 1. The van der Waals surface area contributed by atoms with Gasteiger partial charge in [-0.15, -0.1) is 0 Å². The van der Waals surface area contributed by atoms with Crippen molar-refractivity contribution < 1.29 is 4.74 Å². The van der Waals surface area contributed by atoms with E-state index in [-0.39, 0.29) is 11.6 Å². The predicted molar refractivity (Wildman–Crippen MR) is 59.3 cm³/mol. The first-order valence-electron chi connectivity index (χ1n) is 5.53. The maximum absolute atomic E-state index is 6.35. The molecule has 1 rings (SSSR count). The first-order valence-corrected chi connectivity index (χ1v) is 5.53. The Bertz CT molecular complexity index is 178. The minimum Gasteiger partial charge on any atom is -0.381 e. The van der Waals surface area contributed by atoms with Crippen LogP contribution in [-0.4, -0.2) is 43.8 Å². The molecule has 0 aliphatic carbocycles. The number of rotatable bonds is 4. The molecule has 1 aliphatic heterocycles. The molecule has 0 radical (unpaired) electrons. The van der Waals surface area contributed by atoms with Crippen molar-refractivity contribution in [2.75, 3.05) is 27.3 Å². The lowest BCUT2D eigenvalue weighted by molar-refractivity contribution is 0.0925. The SMILES string of the molecule is CCC(C)(C(N)C1CCOC1)N(C)C. The first kappa shape index (κ1) is 12.0. The molecular formula is C11H24N2O. The quantitative estimate of drug-likeness (QED) is 0.738. The smallest absolute Gasteiger partial charge is 0.0510 e. The van der Waals surface area contributed by atoms with Gasteiger partial charge in [0.1, 0.15) is 0 Å². The summed E-state index contributed by atoms with van der Waals surface area (Å²) in [5.41, 5.74) is 6.44. The summed E-state index contributed by atoms with van der Waals surface area (Å²) in [6.07, 6.45) is 2.20. The van der Waals surface area contributed by atoms with Gasteiger partial charge in [0.15, 0.2) is 0 Å². The second-order valence-electron chi connectivity index (χ2n) is 4.75. The third-order valence-corrected chi connectivity index (χ3v) is 3.93. The number of hydrogen-bond donors (Lipinski definition) is 1. The molecule has 14 heavy (non-hydrogen) atoms. The van der Waals surface area contributed by atoms with Gasteiger partial charge in [-0.3, -0.25) is 0 Å². The van der Waals surface area contributed by atoms with Gasteiger partial charge in [0.2, 0.25) is 0 Å². The van der Waals surface area contributed by atoms with E-state index in [9.17, 15) is 0 Å². The molecule has 0 amide bonds. The summed E-state index contributed by atoms with van der Waals surface area (Å²) in [6, 6.07) is 0.213. The molecular weight excluding hydrogens is 176 g/mol. The van der Waals surface area contributed by atoms with E-state index in [0.717, 1.165) is 26.1 Å². The van der Waals surface area contributed by atoms with Gasteiger partial charge in [0.05, 0.1) is 6.61 Å². The van der Waals surface area contributed by atoms with Crippen molar-refractivity contribution in [1.82, 2.24) is 4.90 Å². The van der Waals surface area contributed by atoms with Crippen molar-refractivity contribution in [1.29, 1.82) is 0 Å². The second-order valence-corrected chi connectivity index (χ2v) is 4.75. The van der Waals surface area contributed by atoms with E-state index in [4.69, 9.17) is 10.5 Å². The van der Waals surface area contributed by atoms with Crippen LogP contribution in [0, 0.1) is 5.92 Å². The topological polar surface area (TPSA) is 38.5 Å². The zero-order chi connectivity index (χ0) is 10.8. The third kappa shape index (κ3) is 2.10. The Hall–Kier alpha value is -0.120. The summed E-state index contributed by atoms with van der Waals surface area (Å²) in [5, 5.41) is 0. The van der Waals surface area contributed by atoms with Crippen molar-refractivity contribution in [2.45, 2.75) is 38.3 Å². The van der Waals surface area contributed by atoms with Gasteiger partial charge in [0.25, 0.3) is 0 Å². The van der Waals surface area contributed by atoms with E-state index >= 15 is 0 Å². The van der Waals surface area contributed by atoms with Gasteiger partial charge in [-0.1, -0.05) is 6.92 Å². The minimum atomic E-state index is 0.0956. The largest absolute Gasteiger partial charge is 0.381 e. The van der Waals surface area contributed by atoms with Crippen LogP contribution in [-0.2, 0) is 4.74 Å². The summed E-state index contributed by atoms with van der Waals surface area (Å²) >= 11 is 0. The van der Waals surface area contributed by atoms with Crippen molar-refractivity contribution >= 4 is 0 Å². The van der Waals surface area contributed by atoms with Gasteiger partial charge in [-0.2, -0.15) is 0 Å². The number of hydrogen-bond acceptors (Lipinski definition) is 3. The van der Waals surface area contributed by atoms with Crippen LogP contribution in [0.2, 0.25) is 0 Å². The summed E-state index contributed by atoms with van der Waals surface area (Å²) in [5.74, 6) is 0.530. The molecule has 0 saturated carbocycles. The highest BCUT2D eigenvalue weighted by Gasteiger charge is 2.38. The normalized spacial score (nSPS) is 29.1. The molecule has 3 atom stereocenters. The molecule has 1 fully saturated rings. The minimum absolute atomic E-state index is 0.0956.